The van der Waals surface area contributed by atoms with Crippen molar-refractivity contribution in [3.63, 3.8) is 0 Å². The van der Waals surface area contributed by atoms with Crippen molar-refractivity contribution in [1.82, 2.24) is 0 Å². The van der Waals surface area contributed by atoms with Gasteiger partial charge in [-0.25, -0.2) is 0 Å². The monoisotopic (exact) mass is 240 g/mol. The summed E-state index contributed by atoms with van der Waals surface area (Å²) >= 11 is 0. The Kier molecular flexibility index (Phi) is 3.44. The third-order valence-electron chi connectivity index (χ3n) is 3.43. The van der Waals surface area contributed by atoms with Gasteiger partial charge in [0, 0.05) is 11.8 Å². The van der Waals surface area contributed by atoms with Gasteiger partial charge in [0.15, 0.2) is 0 Å². The van der Waals surface area contributed by atoms with Gasteiger partial charge < -0.3 is 9.84 Å². The molecule has 0 aromatic carbocycles. The van der Waals surface area contributed by atoms with Crippen LogP contribution < -0.4 is 0 Å². The van der Waals surface area contributed by atoms with E-state index in [4.69, 9.17) is 4.74 Å². The summed E-state index contributed by atoms with van der Waals surface area (Å²) in [6.45, 7) is 17.0. The highest BCUT2D eigenvalue weighted by molar-refractivity contribution is 5.25. The first-order valence-corrected chi connectivity index (χ1v) is 6.47. The summed E-state index contributed by atoms with van der Waals surface area (Å²) < 4.78 is 6.12. The van der Waals surface area contributed by atoms with Crippen molar-refractivity contribution in [2.45, 2.75) is 73.5 Å². The average molecular weight is 240 g/mol. The van der Waals surface area contributed by atoms with E-state index < -0.39 is 11.7 Å². The zero-order valence-corrected chi connectivity index (χ0v) is 12.6. The van der Waals surface area contributed by atoms with Crippen LogP contribution in [0.5, 0.6) is 0 Å². The predicted octanol–water partition coefficient (Wildman–Crippen LogP) is 3.89. The molecule has 2 heteroatoms. The van der Waals surface area contributed by atoms with E-state index in [1.165, 1.54) is 5.57 Å². The van der Waals surface area contributed by atoms with Crippen LogP contribution in [-0.2, 0) is 4.74 Å². The van der Waals surface area contributed by atoms with E-state index in [0.717, 1.165) is 5.76 Å². The third-order valence-corrected chi connectivity index (χ3v) is 3.43. The number of rotatable bonds is 0. The molecule has 2 nitrogen and oxygen atoms in total. The maximum atomic E-state index is 10.2. The summed E-state index contributed by atoms with van der Waals surface area (Å²) in [5.41, 5.74) is 0.786. The molecule has 1 N–H and O–H groups in total. The minimum Gasteiger partial charge on any atom is -0.489 e. The molecule has 1 rings (SSSR count). The molecule has 1 aliphatic rings. The van der Waals surface area contributed by atoms with Crippen molar-refractivity contribution < 1.29 is 9.84 Å². The molecular formula is C15H28O2. The molecular weight excluding hydrogens is 212 g/mol. The number of ether oxygens (including phenoxy) is 1. The number of aliphatic hydroxyl groups is 1. The fourth-order valence-corrected chi connectivity index (χ4v) is 2.18. The molecule has 0 amide bonds. The fraction of sp³-hybridized carbons (Fsp3) is 0.867. The van der Waals surface area contributed by atoms with E-state index in [1.54, 1.807) is 0 Å². The molecule has 0 aromatic rings. The Labute approximate surface area is 106 Å². The Bertz CT molecular complexity index is 324. The normalized spacial score (nSPS) is 25.8. The fourth-order valence-electron chi connectivity index (χ4n) is 2.18. The largest absolute Gasteiger partial charge is 0.489 e. The average Bonchev–Trinajstić information content (AvgIpc) is 2.05. The summed E-state index contributed by atoms with van der Waals surface area (Å²) in [6.07, 6.45) is 0.283. The van der Waals surface area contributed by atoms with Crippen LogP contribution in [-0.4, -0.2) is 16.8 Å². The van der Waals surface area contributed by atoms with Gasteiger partial charge in [0.25, 0.3) is 0 Å². The molecule has 0 fully saturated rings. The molecule has 0 spiro atoms. The van der Waals surface area contributed by atoms with E-state index in [0.29, 0.717) is 6.42 Å². The van der Waals surface area contributed by atoms with Crippen molar-refractivity contribution in [2.24, 2.45) is 10.8 Å². The van der Waals surface area contributed by atoms with Gasteiger partial charge in [-0.1, -0.05) is 41.5 Å². The smallest absolute Gasteiger partial charge is 0.129 e. The second-order valence-corrected chi connectivity index (χ2v) is 7.73. The summed E-state index contributed by atoms with van der Waals surface area (Å²) in [4.78, 5) is 0. The first-order valence-electron chi connectivity index (χ1n) is 6.47. The zero-order chi connectivity index (χ0) is 13.6. The molecule has 0 bridgehead atoms. The first kappa shape index (κ1) is 14.6. The molecule has 0 aliphatic carbocycles. The topological polar surface area (TPSA) is 29.5 Å². The molecule has 0 saturated heterocycles. The van der Waals surface area contributed by atoms with Crippen LogP contribution in [0.4, 0.5) is 0 Å². The van der Waals surface area contributed by atoms with Gasteiger partial charge in [-0.05, 0) is 24.8 Å². The maximum absolute atomic E-state index is 10.2. The molecule has 0 aromatic heterocycles. The Hall–Kier alpha value is -0.500. The van der Waals surface area contributed by atoms with Gasteiger partial charge in [-0.3, -0.25) is 0 Å². The van der Waals surface area contributed by atoms with E-state index in [9.17, 15) is 5.11 Å². The first-order chi connectivity index (χ1) is 7.36. The van der Waals surface area contributed by atoms with Crippen LogP contribution in [0.3, 0.4) is 0 Å². The maximum Gasteiger partial charge on any atom is 0.129 e. The van der Waals surface area contributed by atoms with Gasteiger partial charge in [0.2, 0.25) is 0 Å². The van der Waals surface area contributed by atoms with Gasteiger partial charge in [-0.2, -0.15) is 0 Å². The van der Waals surface area contributed by atoms with E-state index >= 15 is 0 Å². The summed E-state index contributed by atoms with van der Waals surface area (Å²) in [5.74, 6) is 1.06. The number of allylic oxidation sites excluding steroid dienone is 1. The molecule has 1 atom stereocenters. The van der Waals surface area contributed by atoms with Crippen molar-refractivity contribution >= 4 is 0 Å². The van der Waals surface area contributed by atoms with Crippen molar-refractivity contribution in [2.75, 3.05) is 0 Å². The Morgan fingerprint density at radius 2 is 1.53 bits per heavy atom. The predicted molar refractivity (Wildman–Crippen MR) is 71.7 cm³/mol. The molecule has 1 unspecified atom stereocenters. The van der Waals surface area contributed by atoms with Gasteiger partial charge in [0.05, 0.1) is 6.10 Å². The number of hydrogen-bond donors (Lipinski definition) is 1. The molecule has 1 heterocycles. The lowest BCUT2D eigenvalue weighted by Gasteiger charge is -2.45. The Morgan fingerprint density at radius 3 is 1.88 bits per heavy atom. The number of aliphatic hydroxyl groups excluding tert-OH is 1. The molecule has 100 valence electrons. The van der Waals surface area contributed by atoms with E-state index in [-0.39, 0.29) is 10.8 Å². The standard InChI is InChI=1S/C15H28O2/c1-13(2,3)10-9-11(16)15(7,8)17-12(10)14(4,5)6/h11,16H,9H2,1-8H3. The minimum atomic E-state index is -0.489. The van der Waals surface area contributed by atoms with Crippen molar-refractivity contribution in [3.8, 4) is 0 Å². The van der Waals surface area contributed by atoms with Gasteiger partial charge >= 0.3 is 0 Å². The SMILES string of the molecule is CC(C)(C)C1=C(C(C)(C)C)OC(C)(C)C(O)C1. The van der Waals surface area contributed by atoms with Crippen molar-refractivity contribution in [1.29, 1.82) is 0 Å². The molecule has 0 saturated carbocycles. The van der Waals surface area contributed by atoms with Crippen LogP contribution in [0.2, 0.25) is 0 Å². The van der Waals surface area contributed by atoms with Crippen molar-refractivity contribution in [3.05, 3.63) is 11.3 Å². The second-order valence-electron chi connectivity index (χ2n) is 7.73. The molecule has 1 aliphatic heterocycles. The van der Waals surface area contributed by atoms with Crippen LogP contribution in [0.25, 0.3) is 0 Å². The Balaban J connectivity index is 3.30. The van der Waals surface area contributed by atoms with E-state index in [1.807, 2.05) is 13.8 Å². The van der Waals surface area contributed by atoms with Crippen LogP contribution in [0, 0.1) is 10.8 Å². The molecule has 0 radical (unpaired) electrons. The lowest BCUT2D eigenvalue weighted by atomic mass is 9.74. The summed E-state index contributed by atoms with van der Waals surface area (Å²) in [7, 11) is 0. The van der Waals surface area contributed by atoms with E-state index in [2.05, 4.69) is 41.5 Å². The number of hydrogen-bond acceptors (Lipinski definition) is 2. The van der Waals surface area contributed by atoms with Crippen LogP contribution in [0.1, 0.15) is 61.8 Å². The third kappa shape index (κ3) is 3.04. The highest BCUT2D eigenvalue weighted by atomic mass is 16.5. The quantitative estimate of drug-likeness (QED) is 0.696. The van der Waals surface area contributed by atoms with Gasteiger partial charge in [-0.15, -0.1) is 0 Å². The highest BCUT2D eigenvalue weighted by Crippen LogP contribution is 2.46. The Morgan fingerprint density at radius 1 is 1.06 bits per heavy atom. The second kappa shape index (κ2) is 4.01. The summed E-state index contributed by atoms with van der Waals surface area (Å²) in [5, 5.41) is 10.2. The van der Waals surface area contributed by atoms with Gasteiger partial charge in [0.1, 0.15) is 11.4 Å². The van der Waals surface area contributed by atoms with Crippen LogP contribution in [0.15, 0.2) is 11.3 Å². The minimum absolute atomic E-state index is 0.0139. The zero-order valence-electron chi connectivity index (χ0n) is 12.6. The van der Waals surface area contributed by atoms with Crippen LogP contribution >= 0.6 is 0 Å². The summed E-state index contributed by atoms with van der Waals surface area (Å²) in [6, 6.07) is 0. The molecule has 17 heavy (non-hydrogen) atoms. The lowest BCUT2D eigenvalue weighted by molar-refractivity contribution is -0.102. The lowest BCUT2D eigenvalue weighted by Crippen LogP contribution is -2.46. The highest BCUT2D eigenvalue weighted by Gasteiger charge is 2.42.